The quantitative estimate of drug-likeness (QED) is 0.862. The molecule has 0 spiro atoms. The van der Waals surface area contributed by atoms with Gasteiger partial charge in [-0.05, 0) is 43.1 Å². The second-order valence-corrected chi connectivity index (χ2v) is 4.38. The number of hydrogen-bond donors (Lipinski definition) is 0. The highest BCUT2D eigenvalue weighted by Crippen LogP contribution is 2.29. The molecule has 1 aromatic heterocycles. The Morgan fingerprint density at radius 3 is 2.53 bits per heavy atom. The van der Waals surface area contributed by atoms with E-state index < -0.39 is 0 Å². The number of halogens is 2. The van der Waals surface area contributed by atoms with Crippen LogP contribution in [0, 0.1) is 6.92 Å². The van der Waals surface area contributed by atoms with Gasteiger partial charge in [0.25, 0.3) is 0 Å². The highest BCUT2D eigenvalue weighted by atomic mass is 35.5. The van der Waals surface area contributed by atoms with Crippen LogP contribution in [0.15, 0.2) is 18.2 Å². The number of aromatic nitrogens is 3. The van der Waals surface area contributed by atoms with Gasteiger partial charge in [0.05, 0.1) is 11.6 Å². The van der Waals surface area contributed by atoms with Crippen LogP contribution < -0.4 is 9.47 Å². The van der Waals surface area contributed by atoms with Gasteiger partial charge in [-0.2, -0.15) is 9.97 Å². The monoisotopic (exact) mass is 299 g/mol. The van der Waals surface area contributed by atoms with E-state index in [0.29, 0.717) is 17.4 Å². The fourth-order valence-electron chi connectivity index (χ4n) is 1.34. The zero-order valence-corrected chi connectivity index (χ0v) is 11.9. The topological polar surface area (TPSA) is 57.1 Å². The van der Waals surface area contributed by atoms with Crippen LogP contribution in [0.2, 0.25) is 10.3 Å². The third-order valence-corrected chi connectivity index (χ3v) is 2.59. The van der Waals surface area contributed by atoms with Crippen molar-refractivity contribution in [2.24, 2.45) is 0 Å². The first kappa shape index (κ1) is 13.8. The molecule has 5 nitrogen and oxygen atoms in total. The smallest absolute Gasteiger partial charge is 0.329 e. The Hall–Kier alpha value is -1.59. The van der Waals surface area contributed by atoms with Crippen molar-refractivity contribution in [2.45, 2.75) is 13.8 Å². The zero-order valence-electron chi connectivity index (χ0n) is 10.4. The van der Waals surface area contributed by atoms with E-state index in [2.05, 4.69) is 15.0 Å². The molecule has 0 N–H and O–H groups in total. The van der Waals surface area contributed by atoms with Crippen LogP contribution in [0.5, 0.6) is 17.8 Å². The Bertz CT molecular complexity index is 593. The molecule has 0 aliphatic rings. The summed E-state index contributed by atoms with van der Waals surface area (Å²) in [6.45, 7) is 4.17. The predicted octanol–water partition coefficient (Wildman–Crippen LogP) is 3.68. The van der Waals surface area contributed by atoms with Gasteiger partial charge in [-0.3, -0.25) is 0 Å². The molecule has 0 unspecified atom stereocenters. The van der Waals surface area contributed by atoms with Crippen molar-refractivity contribution in [3.63, 3.8) is 0 Å². The van der Waals surface area contributed by atoms with Crippen LogP contribution >= 0.6 is 23.2 Å². The Morgan fingerprint density at radius 1 is 1.11 bits per heavy atom. The predicted molar refractivity (Wildman–Crippen MR) is 72.3 cm³/mol. The van der Waals surface area contributed by atoms with Gasteiger partial charge in [0, 0.05) is 0 Å². The molecule has 1 aromatic carbocycles. The van der Waals surface area contributed by atoms with Crippen LogP contribution in [-0.4, -0.2) is 21.6 Å². The molecule has 0 amide bonds. The third kappa shape index (κ3) is 3.68. The number of aryl methyl sites for hydroxylation is 1. The highest BCUT2D eigenvalue weighted by Gasteiger charge is 2.10. The van der Waals surface area contributed by atoms with Crippen LogP contribution in [0.4, 0.5) is 0 Å². The van der Waals surface area contributed by atoms with E-state index in [1.54, 1.807) is 12.1 Å². The Morgan fingerprint density at radius 2 is 1.84 bits per heavy atom. The van der Waals surface area contributed by atoms with Crippen molar-refractivity contribution >= 4 is 23.2 Å². The Balaban J connectivity index is 2.27. The lowest BCUT2D eigenvalue weighted by Gasteiger charge is -2.07. The molecule has 0 fully saturated rings. The number of hydrogen-bond acceptors (Lipinski definition) is 5. The molecule has 0 bridgehead atoms. The van der Waals surface area contributed by atoms with Crippen LogP contribution in [0.3, 0.4) is 0 Å². The van der Waals surface area contributed by atoms with Gasteiger partial charge in [0.2, 0.25) is 5.28 Å². The van der Waals surface area contributed by atoms with Crippen molar-refractivity contribution in [1.82, 2.24) is 15.0 Å². The molecule has 19 heavy (non-hydrogen) atoms. The molecule has 0 aliphatic heterocycles. The van der Waals surface area contributed by atoms with Crippen molar-refractivity contribution in [3.05, 3.63) is 34.1 Å². The Kier molecular flexibility index (Phi) is 4.39. The summed E-state index contributed by atoms with van der Waals surface area (Å²) in [7, 11) is 0. The first-order valence-corrected chi connectivity index (χ1v) is 6.32. The summed E-state index contributed by atoms with van der Waals surface area (Å²) in [6, 6.07) is 5.53. The summed E-state index contributed by atoms with van der Waals surface area (Å²) >= 11 is 11.8. The van der Waals surface area contributed by atoms with E-state index in [0.717, 1.165) is 5.56 Å². The lowest BCUT2D eigenvalue weighted by molar-refractivity contribution is 0.303. The van der Waals surface area contributed by atoms with Gasteiger partial charge in [0.1, 0.15) is 5.75 Å². The molecule has 0 saturated heterocycles. The molecule has 2 aromatic rings. The van der Waals surface area contributed by atoms with Crippen LogP contribution in [0.25, 0.3) is 0 Å². The molecule has 2 rings (SSSR count). The number of benzene rings is 1. The van der Waals surface area contributed by atoms with Crippen molar-refractivity contribution in [3.8, 4) is 17.8 Å². The highest BCUT2D eigenvalue weighted by molar-refractivity contribution is 6.32. The molecule has 0 atom stereocenters. The van der Waals surface area contributed by atoms with Crippen molar-refractivity contribution < 1.29 is 9.47 Å². The van der Waals surface area contributed by atoms with Gasteiger partial charge in [0.15, 0.2) is 0 Å². The molecular formula is C12H11Cl2N3O2. The Labute approximate surface area is 120 Å². The van der Waals surface area contributed by atoms with E-state index in [1.807, 2.05) is 19.9 Å². The van der Waals surface area contributed by atoms with Crippen molar-refractivity contribution in [2.75, 3.05) is 6.61 Å². The summed E-state index contributed by atoms with van der Waals surface area (Å²) in [5.74, 6) is 0.442. The lowest BCUT2D eigenvalue weighted by Crippen LogP contribution is -2.01. The average Bonchev–Trinajstić information content (AvgIpc) is 2.32. The van der Waals surface area contributed by atoms with E-state index in [-0.39, 0.29) is 17.3 Å². The largest absolute Gasteiger partial charge is 0.464 e. The average molecular weight is 300 g/mol. The van der Waals surface area contributed by atoms with Gasteiger partial charge in [-0.1, -0.05) is 17.7 Å². The summed E-state index contributed by atoms with van der Waals surface area (Å²) in [5, 5.41) is 0.464. The minimum atomic E-state index is -0.00307. The normalized spacial score (nSPS) is 10.3. The van der Waals surface area contributed by atoms with Gasteiger partial charge < -0.3 is 9.47 Å². The fourth-order valence-corrected chi connectivity index (χ4v) is 1.76. The van der Waals surface area contributed by atoms with Crippen LogP contribution in [0.1, 0.15) is 12.5 Å². The number of nitrogens with zero attached hydrogens (tertiary/aromatic N) is 3. The van der Waals surface area contributed by atoms with E-state index in [9.17, 15) is 0 Å². The number of rotatable bonds is 4. The molecule has 100 valence electrons. The first-order chi connectivity index (χ1) is 9.08. The second-order valence-electron chi connectivity index (χ2n) is 3.64. The molecule has 0 aliphatic carbocycles. The molecule has 0 saturated carbocycles. The second kappa shape index (κ2) is 6.04. The lowest BCUT2D eigenvalue weighted by atomic mass is 10.2. The fraction of sp³-hybridized carbons (Fsp3) is 0.250. The third-order valence-electron chi connectivity index (χ3n) is 2.13. The van der Waals surface area contributed by atoms with Crippen molar-refractivity contribution in [1.29, 1.82) is 0 Å². The maximum absolute atomic E-state index is 6.06. The summed E-state index contributed by atoms with van der Waals surface area (Å²) in [4.78, 5) is 11.6. The minimum absolute atomic E-state index is 0.00307. The maximum Gasteiger partial charge on any atom is 0.329 e. The van der Waals surface area contributed by atoms with Crippen LogP contribution in [-0.2, 0) is 0 Å². The van der Waals surface area contributed by atoms with Gasteiger partial charge in [-0.25, -0.2) is 0 Å². The SMILES string of the molecule is CCOc1nc(Cl)nc(Oc2ccc(C)cc2Cl)n1. The van der Waals surface area contributed by atoms with E-state index in [1.165, 1.54) is 0 Å². The molecule has 1 heterocycles. The summed E-state index contributed by atoms with van der Waals surface area (Å²) in [6.07, 6.45) is 0. The van der Waals surface area contributed by atoms with E-state index in [4.69, 9.17) is 32.7 Å². The number of ether oxygens (including phenoxy) is 2. The first-order valence-electron chi connectivity index (χ1n) is 5.57. The molecular weight excluding hydrogens is 289 g/mol. The molecule has 7 heteroatoms. The van der Waals surface area contributed by atoms with Gasteiger partial charge in [-0.15, -0.1) is 4.98 Å². The minimum Gasteiger partial charge on any atom is -0.464 e. The standard InChI is InChI=1S/C12H11Cl2N3O2/c1-3-18-11-15-10(14)16-12(17-11)19-9-5-4-7(2)6-8(9)13/h4-6H,3H2,1-2H3. The zero-order chi connectivity index (χ0) is 13.8. The summed E-state index contributed by atoms with van der Waals surface area (Å²) < 4.78 is 10.6. The summed E-state index contributed by atoms with van der Waals surface area (Å²) in [5.41, 5.74) is 1.03. The maximum atomic E-state index is 6.06. The van der Waals surface area contributed by atoms with E-state index >= 15 is 0 Å². The van der Waals surface area contributed by atoms with Gasteiger partial charge >= 0.3 is 12.0 Å². The molecule has 0 radical (unpaired) electrons.